The second-order valence-electron chi connectivity index (χ2n) is 5.28. The van der Waals surface area contributed by atoms with Crippen LogP contribution in [0.3, 0.4) is 0 Å². The number of likely N-dealkylation sites (N-methyl/N-ethyl adjacent to an activating group) is 1. The number of amides is 1. The number of carbonyl (C=O) groups is 1. The highest BCUT2D eigenvalue weighted by atomic mass is 35.5. The zero-order chi connectivity index (χ0) is 17.7. The average Bonchev–Trinajstić information content (AvgIpc) is 2.55. The first kappa shape index (κ1) is 18.5. The molecule has 1 aromatic heterocycles. The number of aromatic nitrogens is 2. The van der Waals surface area contributed by atoms with Gasteiger partial charge in [0.25, 0.3) is 0 Å². The van der Waals surface area contributed by atoms with Gasteiger partial charge in [0.15, 0.2) is 0 Å². The highest BCUT2D eigenvalue weighted by Gasteiger charge is 2.15. The number of rotatable bonds is 6. The van der Waals surface area contributed by atoms with Crippen LogP contribution in [0.4, 0.5) is 11.5 Å². The van der Waals surface area contributed by atoms with E-state index in [0.717, 1.165) is 17.9 Å². The Kier molecular flexibility index (Phi) is 6.40. The molecule has 0 bridgehead atoms. The standard InChI is InChI=1S/C17H20Cl2N4O/c1-4-12-9-15(21-11(3)20-12)23(5-2)10-16(24)22-17-13(18)7-6-8-14(17)19/h6-9H,4-5,10H2,1-3H3,(H,22,24). The molecule has 2 rings (SSSR count). The molecule has 0 spiro atoms. The van der Waals surface area contributed by atoms with Crippen LogP contribution in [-0.4, -0.2) is 29.0 Å². The van der Waals surface area contributed by atoms with Gasteiger partial charge in [-0.05, 0) is 32.4 Å². The van der Waals surface area contributed by atoms with Gasteiger partial charge in [0.2, 0.25) is 5.91 Å². The summed E-state index contributed by atoms with van der Waals surface area (Å²) in [5.74, 6) is 1.22. The first-order valence-electron chi connectivity index (χ1n) is 7.78. The maximum atomic E-state index is 12.4. The Hall–Kier alpha value is -1.85. The van der Waals surface area contributed by atoms with Crippen LogP contribution >= 0.6 is 23.2 Å². The zero-order valence-corrected chi connectivity index (χ0v) is 15.4. The van der Waals surface area contributed by atoms with Gasteiger partial charge in [-0.3, -0.25) is 4.79 Å². The van der Waals surface area contributed by atoms with Crippen molar-refractivity contribution in [2.75, 3.05) is 23.3 Å². The van der Waals surface area contributed by atoms with Gasteiger partial charge in [-0.1, -0.05) is 36.2 Å². The van der Waals surface area contributed by atoms with Gasteiger partial charge < -0.3 is 10.2 Å². The van der Waals surface area contributed by atoms with E-state index >= 15 is 0 Å². The Morgan fingerprint density at radius 2 is 1.88 bits per heavy atom. The number of hydrogen-bond acceptors (Lipinski definition) is 4. The Morgan fingerprint density at radius 1 is 1.21 bits per heavy atom. The fourth-order valence-corrected chi connectivity index (χ4v) is 2.77. The minimum absolute atomic E-state index is 0.150. The van der Waals surface area contributed by atoms with Crippen molar-refractivity contribution in [3.8, 4) is 0 Å². The van der Waals surface area contributed by atoms with E-state index in [9.17, 15) is 4.79 Å². The van der Waals surface area contributed by atoms with E-state index in [0.29, 0.717) is 28.1 Å². The van der Waals surface area contributed by atoms with Crippen molar-refractivity contribution < 1.29 is 4.79 Å². The number of nitrogens with zero attached hydrogens (tertiary/aromatic N) is 3. The van der Waals surface area contributed by atoms with Gasteiger partial charge in [-0.15, -0.1) is 0 Å². The first-order chi connectivity index (χ1) is 11.4. The SMILES string of the molecule is CCc1cc(N(CC)CC(=O)Nc2c(Cl)cccc2Cl)nc(C)n1. The molecule has 0 radical (unpaired) electrons. The summed E-state index contributed by atoms with van der Waals surface area (Å²) in [5.41, 5.74) is 1.38. The topological polar surface area (TPSA) is 58.1 Å². The molecule has 0 aliphatic heterocycles. The number of carbonyl (C=O) groups excluding carboxylic acids is 1. The minimum atomic E-state index is -0.207. The number of para-hydroxylation sites is 1. The number of nitrogens with one attached hydrogen (secondary N) is 1. The Balaban J connectivity index is 2.15. The lowest BCUT2D eigenvalue weighted by Gasteiger charge is -2.22. The lowest BCUT2D eigenvalue weighted by atomic mass is 10.3. The molecular weight excluding hydrogens is 347 g/mol. The Morgan fingerprint density at radius 3 is 2.46 bits per heavy atom. The largest absolute Gasteiger partial charge is 0.347 e. The van der Waals surface area contributed by atoms with E-state index in [4.69, 9.17) is 23.2 Å². The number of halogens is 2. The molecule has 0 atom stereocenters. The normalized spacial score (nSPS) is 10.5. The van der Waals surface area contributed by atoms with E-state index in [2.05, 4.69) is 15.3 Å². The molecule has 1 aromatic carbocycles. The smallest absolute Gasteiger partial charge is 0.244 e. The van der Waals surface area contributed by atoms with Gasteiger partial charge in [0, 0.05) is 18.3 Å². The molecule has 0 saturated carbocycles. The molecule has 128 valence electrons. The second-order valence-corrected chi connectivity index (χ2v) is 6.09. The number of benzene rings is 1. The predicted molar refractivity (Wildman–Crippen MR) is 99.1 cm³/mol. The van der Waals surface area contributed by atoms with Crippen LogP contribution in [0.25, 0.3) is 0 Å². The van der Waals surface area contributed by atoms with Crippen molar-refractivity contribution in [3.05, 3.63) is 45.8 Å². The van der Waals surface area contributed by atoms with Crippen molar-refractivity contribution >= 4 is 40.6 Å². The van der Waals surface area contributed by atoms with E-state index in [-0.39, 0.29) is 12.5 Å². The molecule has 1 N–H and O–H groups in total. The Bertz CT molecular complexity index is 716. The maximum absolute atomic E-state index is 12.4. The molecule has 7 heteroatoms. The third kappa shape index (κ3) is 4.58. The van der Waals surface area contributed by atoms with Crippen LogP contribution in [0, 0.1) is 6.92 Å². The van der Waals surface area contributed by atoms with Gasteiger partial charge in [-0.25, -0.2) is 9.97 Å². The minimum Gasteiger partial charge on any atom is -0.347 e. The van der Waals surface area contributed by atoms with Crippen LogP contribution < -0.4 is 10.2 Å². The monoisotopic (exact) mass is 366 g/mol. The van der Waals surface area contributed by atoms with Crippen molar-refractivity contribution in [2.24, 2.45) is 0 Å². The van der Waals surface area contributed by atoms with Crippen LogP contribution in [0.5, 0.6) is 0 Å². The summed E-state index contributed by atoms with van der Waals surface area (Å²) in [7, 11) is 0. The van der Waals surface area contributed by atoms with Crippen LogP contribution in [-0.2, 0) is 11.2 Å². The molecule has 1 amide bonds. The van der Waals surface area contributed by atoms with E-state index in [1.165, 1.54) is 0 Å². The number of aryl methyl sites for hydroxylation is 2. The summed E-state index contributed by atoms with van der Waals surface area (Å²) in [5, 5.41) is 3.58. The van der Waals surface area contributed by atoms with Gasteiger partial charge in [-0.2, -0.15) is 0 Å². The average molecular weight is 367 g/mol. The molecule has 0 aliphatic carbocycles. The molecule has 5 nitrogen and oxygen atoms in total. The van der Waals surface area contributed by atoms with Crippen LogP contribution in [0.2, 0.25) is 10.0 Å². The summed E-state index contributed by atoms with van der Waals surface area (Å²) in [6, 6.07) is 7.00. The molecule has 2 aromatic rings. The summed E-state index contributed by atoms with van der Waals surface area (Å²) >= 11 is 12.2. The third-order valence-corrected chi connectivity index (χ3v) is 4.14. The number of hydrogen-bond donors (Lipinski definition) is 1. The van der Waals surface area contributed by atoms with E-state index in [1.54, 1.807) is 18.2 Å². The summed E-state index contributed by atoms with van der Waals surface area (Å²) in [6.45, 7) is 6.65. The van der Waals surface area contributed by atoms with Crippen molar-refractivity contribution in [1.82, 2.24) is 9.97 Å². The fourth-order valence-electron chi connectivity index (χ4n) is 2.28. The van der Waals surface area contributed by atoms with Gasteiger partial charge >= 0.3 is 0 Å². The van der Waals surface area contributed by atoms with Crippen LogP contribution in [0.1, 0.15) is 25.4 Å². The van der Waals surface area contributed by atoms with Gasteiger partial charge in [0.05, 0.1) is 22.3 Å². The van der Waals surface area contributed by atoms with E-state index in [1.807, 2.05) is 31.7 Å². The second kappa shape index (κ2) is 8.31. The summed E-state index contributed by atoms with van der Waals surface area (Å²) in [6.07, 6.45) is 0.815. The quantitative estimate of drug-likeness (QED) is 0.835. The zero-order valence-electron chi connectivity index (χ0n) is 13.9. The Labute approximate surface area is 152 Å². The lowest BCUT2D eigenvalue weighted by Crippen LogP contribution is -2.34. The maximum Gasteiger partial charge on any atom is 0.244 e. The summed E-state index contributed by atoms with van der Waals surface area (Å²) in [4.78, 5) is 23.1. The van der Waals surface area contributed by atoms with Crippen molar-refractivity contribution in [2.45, 2.75) is 27.2 Å². The molecule has 24 heavy (non-hydrogen) atoms. The molecule has 0 aliphatic rings. The fraction of sp³-hybridized carbons (Fsp3) is 0.353. The molecule has 0 unspecified atom stereocenters. The highest BCUT2D eigenvalue weighted by Crippen LogP contribution is 2.29. The van der Waals surface area contributed by atoms with Crippen LogP contribution in [0.15, 0.2) is 24.3 Å². The molecular formula is C17H20Cl2N4O. The molecule has 1 heterocycles. The predicted octanol–water partition coefficient (Wildman–Crippen LogP) is 4.12. The lowest BCUT2D eigenvalue weighted by molar-refractivity contribution is -0.115. The third-order valence-electron chi connectivity index (χ3n) is 3.51. The number of anilines is 2. The van der Waals surface area contributed by atoms with Gasteiger partial charge in [0.1, 0.15) is 11.6 Å². The van der Waals surface area contributed by atoms with Crippen molar-refractivity contribution in [3.63, 3.8) is 0 Å². The highest BCUT2D eigenvalue weighted by molar-refractivity contribution is 6.39. The van der Waals surface area contributed by atoms with Crippen molar-refractivity contribution in [1.29, 1.82) is 0 Å². The first-order valence-corrected chi connectivity index (χ1v) is 8.53. The molecule has 0 saturated heterocycles. The molecule has 0 fully saturated rings. The summed E-state index contributed by atoms with van der Waals surface area (Å²) < 4.78 is 0. The van der Waals surface area contributed by atoms with E-state index < -0.39 is 0 Å².